The van der Waals surface area contributed by atoms with E-state index < -0.39 is 5.97 Å². The van der Waals surface area contributed by atoms with Crippen molar-refractivity contribution in [1.82, 2.24) is 20.0 Å². The Morgan fingerprint density at radius 3 is 2.52 bits per heavy atom. The van der Waals surface area contributed by atoms with E-state index in [0.29, 0.717) is 19.6 Å². The van der Waals surface area contributed by atoms with Crippen molar-refractivity contribution in [2.24, 2.45) is 0 Å². The first-order chi connectivity index (χ1) is 12.9. The second kappa shape index (κ2) is 9.87. The first kappa shape index (κ1) is 20.6. The number of benzene rings is 1. The van der Waals surface area contributed by atoms with Gasteiger partial charge in [0.15, 0.2) is 0 Å². The molecule has 0 atom stereocenters. The number of aromatic nitrogens is 2. The summed E-state index contributed by atoms with van der Waals surface area (Å²) in [4.78, 5) is 24.8. The largest absolute Gasteiger partial charge is 0.480 e. The average molecular weight is 372 g/mol. The van der Waals surface area contributed by atoms with Crippen molar-refractivity contribution in [1.29, 1.82) is 0 Å². The fourth-order valence-electron chi connectivity index (χ4n) is 3.07. The van der Waals surface area contributed by atoms with Gasteiger partial charge in [0, 0.05) is 17.8 Å². The van der Waals surface area contributed by atoms with E-state index in [1.807, 2.05) is 43.7 Å². The molecule has 0 saturated heterocycles. The maximum Gasteiger partial charge on any atom is 0.317 e. The molecular formula is C20H28N4O3. The van der Waals surface area contributed by atoms with Crippen LogP contribution in [0.1, 0.15) is 35.9 Å². The first-order valence-corrected chi connectivity index (χ1v) is 9.18. The van der Waals surface area contributed by atoms with Gasteiger partial charge in [0.05, 0.1) is 25.3 Å². The zero-order valence-electron chi connectivity index (χ0n) is 16.2. The van der Waals surface area contributed by atoms with Crippen molar-refractivity contribution >= 4 is 11.9 Å². The smallest absolute Gasteiger partial charge is 0.317 e. The summed E-state index contributed by atoms with van der Waals surface area (Å²) >= 11 is 0. The summed E-state index contributed by atoms with van der Waals surface area (Å²) in [5.41, 5.74) is 4.08. The highest BCUT2D eigenvalue weighted by Crippen LogP contribution is 2.14. The van der Waals surface area contributed by atoms with E-state index in [1.165, 1.54) is 5.56 Å². The highest BCUT2D eigenvalue weighted by molar-refractivity contribution is 5.79. The van der Waals surface area contributed by atoms with Gasteiger partial charge in [0.2, 0.25) is 5.91 Å². The SMILES string of the molecule is CCCN(CC(=O)O)CC(=O)NCc1c(C)nn(Cc2ccccc2)c1C. The van der Waals surface area contributed by atoms with Crippen LogP contribution in [0.4, 0.5) is 0 Å². The molecule has 0 bridgehead atoms. The molecule has 146 valence electrons. The van der Waals surface area contributed by atoms with Gasteiger partial charge in [-0.05, 0) is 32.4 Å². The number of hydrogen-bond acceptors (Lipinski definition) is 4. The molecule has 27 heavy (non-hydrogen) atoms. The molecule has 0 aliphatic heterocycles. The summed E-state index contributed by atoms with van der Waals surface area (Å²) in [6.45, 7) is 7.49. The Hall–Kier alpha value is -2.67. The van der Waals surface area contributed by atoms with E-state index in [1.54, 1.807) is 4.90 Å². The lowest BCUT2D eigenvalue weighted by atomic mass is 10.2. The van der Waals surface area contributed by atoms with Crippen LogP contribution in [0.2, 0.25) is 0 Å². The molecule has 0 unspecified atom stereocenters. The Bertz CT molecular complexity index is 771. The van der Waals surface area contributed by atoms with Gasteiger partial charge in [-0.1, -0.05) is 37.3 Å². The highest BCUT2D eigenvalue weighted by Gasteiger charge is 2.16. The van der Waals surface area contributed by atoms with E-state index in [0.717, 1.165) is 23.4 Å². The second-order valence-electron chi connectivity index (χ2n) is 6.67. The molecule has 0 radical (unpaired) electrons. The number of hydrogen-bond donors (Lipinski definition) is 2. The maximum absolute atomic E-state index is 12.2. The van der Waals surface area contributed by atoms with Gasteiger partial charge >= 0.3 is 5.97 Å². The van der Waals surface area contributed by atoms with Gasteiger partial charge in [-0.3, -0.25) is 19.2 Å². The number of carboxylic acid groups (broad SMARTS) is 1. The Kier molecular flexibility index (Phi) is 7.55. The molecule has 1 aromatic carbocycles. The maximum atomic E-state index is 12.2. The fraction of sp³-hybridized carbons (Fsp3) is 0.450. The molecule has 2 N–H and O–H groups in total. The summed E-state index contributed by atoms with van der Waals surface area (Å²) in [5, 5.41) is 16.4. The van der Waals surface area contributed by atoms with Crippen LogP contribution in [0.3, 0.4) is 0 Å². The summed E-state index contributed by atoms with van der Waals surface area (Å²) in [7, 11) is 0. The molecule has 0 fully saturated rings. The number of amides is 1. The molecule has 7 heteroatoms. The highest BCUT2D eigenvalue weighted by atomic mass is 16.4. The lowest BCUT2D eigenvalue weighted by Crippen LogP contribution is -2.40. The number of aliphatic carboxylic acids is 1. The molecular weight excluding hydrogens is 344 g/mol. The predicted octanol–water partition coefficient (Wildman–Crippen LogP) is 1.96. The number of aryl methyl sites for hydroxylation is 1. The topological polar surface area (TPSA) is 87.5 Å². The van der Waals surface area contributed by atoms with Gasteiger partial charge in [-0.15, -0.1) is 0 Å². The second-order valence-corrected chi connectivity index (χ2v) is 6.67. The van der Waals surface area contributed by atoms with Crippen molar-refractivity contribution in [3.63, 3.8) is 0 Å². The van der Waals surface area contributed by atoms with Gasteiger partial charge < -0.3 is 10.4 Å². The van der Waals surface area contributed by atoms with E-state index in [2.05, 4.69) is 22.5 Å². The van der Waals surface area contributed by atoms with Crippen LogP contribution < -0.4 is 5.32 Å². The monoisotopic (exact) mass is 372 g/mol. The van der Waals surface area contributed by atoms with Crippen LogP contribution in [-0.4, -0.2) is 51.3 Å². The third-order valence-corrected chi connectivity index (χ3v) is 4.43. The Morgan fingerprint density at radius 1 is 1.19 bits per heavy atom. The summed E-state index contributed by atoms with van der Waals surface area (Å²) in [6.07, 6.45) is 0.797. The zero-order valence-corrected chi connectivity index (χ0v) is 16.2. The fourth-order valence-corrected chi connectivity index (χ4v) is 3.07. The van der Waals surface area contributed by atoms with Crippen molar-refractivity contribution < 1.29 is 14.7 Å². The van der Waals surface area contributed by atoms with Crippen LogP contribution >= 0.6 is 0 Å². The molecule has 2 rings (SSSR count). The number of nitrogens with zero attached hydrogens (tertiary/aromatic N) is 3. The van der Waals surface area contributed by atoms with E-state index >= 15 is 0 Å². The lowest BCUT2D eigenvalue weighted by molar-refractivity contribution is -0.138. The first-order valence-electron chi connectivity index (χ1n) is 9.18. The minimum atomic E-state index is -0.926. The molecule has 1 amide bonds. The summed E-state index contributed by atoms with van der Waals surface area (Å²) in [6, 6.07) is 10.1. The minimum absolute atomic E-state index is 0.0797. The van der Waals surface area contributed by atoms with Gasteiger partial charge in [0.25, 0.3) is 0 Å². The third-order valence-electron chi connectivity index (χ3n) is 4.43. The minimum Gasteiger partial charge on any atom is -0.480 e. The Labute approximate surface area is 160 Å². The van der Waals surface area contributed by atoms with Crippen LogP contribution in [-0.2, 0) is 22.7 Å². The van der Waals surface area contributed by atoms with Crippen LogP contribution in [0.25, 0.3) is 0 Å². The number of carboxylic acids is 1. The van der Waals surface area contributed by atoms with E-state index in [9.17, 15) is 9.59 Å². The van der Waals surface area contributed by atoms with Crippen molar-refractivity contribution in [3.05, 3.63) is 52.8 Å². The average Bonchev–Trinajstić information content (AvgIpc) is 2.87. The standard InChI is InChI=1S/C20H28N4O3/c1-4-10-23(14-20(26)27)13-19(25)21-11-18-15(2)22-24(16(18)3)12-17-8-6-5-7-9-17/h5-9H,4,10-14H2,1-3H3,(H,21,25)(H,26,27). The predicted molar refractivity (Wildman–Crippen MR) is 103 cm³/mol. The van der Waals surface area contributed by atoms with Crippen molar-refractivity contribution in [2.45, 2.75) is 40.3 Å². The van der Waals surface area contributed by atoms with Crippen LogP contribution in [0.15, 0.2) is 30.3 Å². The number of nitrogens with one attached hydrogen (secondary N) is 1. The molecule has 0 aliphatic rings. The van der Waals surface area contributed by atoms with Crippen molar-refractivity contribution in [2.75, 3.05) is 19.6 Å². The molecule has 0 spiro atoms. The summed E-state index contributed by atoms with van der Waals surface area (Å²) < 4.78 is 1.94. The molecule has 2 aromatic rings. The van der Waals surface area contributed by atoms with Gasteiger partial charge in [-0.25, -0.2) is 0 Å². The van der Waals surface area contributed by atoms with Gasteiger partial charge in [-0.2, -0.15) is 5.10 Å². The van der Waals surface area contributed by atoms with Crippen LogP contribution in [0, 0.1) is 13.8 Å². The molecule has 1 heterocycles. The molecule has 1 aromatic heterocycles. The quantitative estimate of drug-likeness (QED) is 0.666. The number of carbonyl (C=O) groups excluding carboxylic acids is 1. The normalized spacial score (nSPS) is 11.0. The Balaban J connectivity index is 1.97. The molecule has 0 aliphatic carbocycles. The summed E-state index contributed by atoms with van der Waals surface area (Å²) in [5.74, 6) is -1.11. The molecule has 7 nitrogen and oxygen atoms in total. The van der Waals surface area contributed by atoms with E-state index in [-0.39, 0.29) is 19.0 Å². The van der Waals surface area contributed by atoms with Crippen molar-refractivity contribution in [3.8, 4) is 0 Å². The van der Waals surface area contributed by atoms with E-state index in [4.69, 9.17) is 5.11 Å². The zero-order chi connectivity index (χ0) is 19.8. The number of carbonyl (C=O) groups is 2. The third kappa shape index (κ3) is 6.21. The molecule has 0 saturated carbocycles. The Morgan fingerprint density at radius 2 is 1.89 bits per heavy atom. The van der Waals surface area contributed by atoms with Gasteiger partial charge in [0.1, 0.15) is 0 Å². The van der Waals surface area contributed by atoms with Crippen LogP contribution in [0.5, 0.6) is 0 Å². The number of rotatable bonds is 10. The lowest BCUT2D eigenvalue weighted by Gasteiger charge is -2.18.